The summed E-state index contributed by atoms with van der Waals surface area (Å²) >= 11 is 0. The highest BCUT2D eigenvalue weighted by molar-refractivity contribution is 5.62. The molecule has 2 aromatic carbocycles. The standard InChI is InChI=1S/C12H10.C3H6O/c1-3-7-11(8-4-1)12-9-5-2-6-10-12;1-3-2-4-3/h1-10H;3H,2H2,1H3. The lowest BCUT2D eigenvalue weighted by Crippen LogP contribution is -1.73. The van der Waals surface area contributed by atoms with E-state index in [0.29, 0.717) is 6.10 Å². The van der Waals surface area contributed by atoms with Crippen LogP contribution in [0.4, 0.5) is 0 Å². The minimum Gasteiger partial charge on any atom is -0.373 e. The molecule has 1 aliphatic rings. The molecule has 0 N–H and O–H groups in total. The van der Waals surface area contributed by atoms with Crippen molar-refractivity contribution in [3.63, 3.8) is 0 Å². The van der Waals surface area contributed by atoms with E-state index in [1.165, 1.54) is 11.1 Å². The fourth-order valence-corrected chi connectivity index (χ4v) is 1.36. The maximum Gasteiger partial charge on any atom is 0.0781 e. The van der Waals surface area contributed by atoms with Gasteiger partial charge in [0, 0.05) is 0 Å². The molecule has 0 amide bonds. The Balaban J connectivity index is 0.000000203. The zero-order valence-corrected chi connectivity index (χ0v) is 9.47. The molecule has 1 atom stereocenters. The van der Waals surface area contributed by atoms with Crippen LogP contribution in [-0.4, -0.2) is 12.7 Å². The second kappa shape index (κ2) is 5.47. The third-order valence-corrected chi connectivity index (χ3v) is 2.38. The molecule has 0 radical (unpaired) electrons. The molecule has 0 bridgehead atoms. The Morgan fingerprint density at radius 2 is 1.12 bits per heavy atom. The van der Waals surface area contributed by atoms with Crippen LogP contribution >= 0.6 is 0 Å². The van der Waals surface area contributed by atoms with Crippen LogP contribution in [0.3, 0.4) is 0 Å². The Hall–Kier alpha value is -1.60. The molecule has 1 unspecified atom stereocenters. The van der Waals surface area contributed by atoms with Crippen LogP contribution in [0.15, 0.2) is 60.7 Å². The fraction of sp³-hybridized carbons (Fsp3) is 0.200. The van der Waals surface area contributed by atoms with Gasteiger partial charge in [0.25, 0.3) is 0 Å². The lowest BCUT2D eigenvalue weighted by molar-refractivity contribution is 0.423. The Bertz CT molecular complexity index is 366. The van der Waals surface area contributed by atoms with Crippen LogP contribution < -0.4 is 0 Å². The van der Waals surface area contributed by atoms with Gasteiger partial charge in [-0.25, -0.2) is 0 Å². The predicted octanol–water partition coefficient (Wildman–Crippen LogP) is 3.76. The van der Waals surface area contributed by atoms with Crippen LogP contribution in [0.1, 0.15) is 6.92 Å². The minimum atomic E-state index is 0.583. The molecular formula is C15H16O. The van der Waals surface area contributed by atoms with Gasteiger partial charge in [-0.2, -0.15) is 0 Å². The second-order valence-electron chi connectivity index (χ2n) is 3.88. The third-order valence-electron chi connectivity index (χ3n) is 2.38. The van der Waals surface area contributed by atoms with E-state index in [9.17, 15) is 0 Å². The molecule has 3 rings (SSSR count). The first-order valence-electron chi connectivity index (χ1n) is 5.58. The van der Waals surface area contributed by atoms with Gasteiger partial charge in [-0.1, -0.05) is 60.7 Å². The van der Waals surface area contributed by atoms with Gasteiger partial charge in [0.1, 0.15) is 0 Å². The van der Waals surface area contributed by atoms with Gasteiger partial charge in [-0.15, -0.1) is 0 Å². The summed E-state index contributed by atoms with van der Waals surface area (Å²) < 4.78 is 4.71. The molecule has 0 aromatic heterocycles. The lowest BCUT2D eigenvalue weighted by atomic mass is 10.1. The van der Waals surface area contributed by atoms with Crippen molar-refractivity contribution in [3.8, 4) is 11.1 Å². The van der Waals surface area contributed by atoms with Gasteiger partial charge in [-0.05, 0) is 18.1 Å². The largest absolute Gasteiger partial charge is 0.373 e. The van der Waals surface area contributed by atoms with Crippen LogP contribution in [-0.2, 0) is 4.74 Å². The summed E-state index contributed by atoms with van der Waals surface area (Å²) in [6.07, 6.45) is 0.583. The lowest BCUT2D eigenvalue weighted by Gasteiger charge is -1.98. The summed E-state index contributed by atoms with van der Waals surface area (Å²) in [5.41, 5.74) is 2.55. The maximum atomic E-state index is 4.71. The zero-order chi connectivity index (χ0) is 11.2. The average molecular weight is 212 g/mol. The highest BCUT2D eigenvalue weighted by Gasteiger charge is 2.13. The smallest absolute Gasteiger partial charge is 0.0781 e. The summed E-state index contributed by atoms with van der Waals surface area (Å²) in [5.74, 6) is 0. The van der Waals surface area contributed by atoms with Crippen molar-refractivity contribution >= 4 is 0 Å². The van der Waals surface area contributed by atoms with Crippen LogP contribution in [0, 0.1) is 0 Å². The monoisotopic (exact) mass is 212 g/mol. The predicted molar refractivity (Wildman–Crippen MR) is 67.3 cm³/mol. The van der Waals surface area contributed by atoms with Gasteiger partial charge in [0.05, 0.1) is 12.7 Å². The van der Waals surface area contributed by atoms with Crippen molar-refractivity contribution in [2.45, 2.75) is 13.0 Å². The molecule has 16 heavy (non-hydrogen) atoms. The first-order valence-corrected chi connectivity index (χ1v) is 5.58. The van der Waals surface area contributed by atoms with Crippen molar-refractivity contribution < 1.29 is 4.74 Å². The van der Waals surface area contributed by atoms with Crippen molar-refractivity contribution in [1.82, 2.24) is 0 Å². The van der Waals surface area contributed by atoms with Crippen LogP contribution in [0.5, 0.6) is 0 Å². The molecule has 82 valence electrons. The Labute approximate surface area is 96.7 Å². The molecule has 1 heterocycles. The van der Waals surface area contributed by atoms with E-state index in [1.54, 1.807) is 0 Å². The molecular weight excluding hydrogens is 196 g/mol. The Morgan fingerprint density at radius 3 is 1.38 bits per heavy atom. The van der Waals surface area contributed by atoms with Crippen molar-refractivity contribution in [2.75, 3.05) is 6.61 Å². The number of epoxide rings is 1. The number of ether oxygens (including phenoxy) is 1. The van der Waals surface area contributed by atoms with Crippen molar-refractivity contribution in [3.05, 3.63) is 60.7 Å². The van der Waals surface area contributed by atoms with Gasteiger partial charge >= 0.3 is 0 Å². The molecule has 1 aliphatic heterocycles. The SMILES string of the molecule is CC1CO1.c1ccc(-c2ccccc2)cc1. The van der Waals surface area contributed by atoms with E-state index in [4.69, 9.17) is 4.74 Å². The molecule has 2 aromatic rings. The van der Waals surface area contributed by atoms with E-state index in [2.05, 4.69) is 55.5 Å². The summed E-state index contributed by atoms with van der Waals surface area (Å²) in [6, 6.07) is 20.8. The number of rotatable bonds is 1. The third kappa shape index (κ3) is 3.52. The zero-order valence-electron chi connectivity index (χ0n) is 9.47. The van der Waals surface area contributed by atoms with E-state index in [-0.39, 0.29) is 0 Å². The summed E-state index contributed by atoms with van der Waals surface area (Å²) in [5, 5.41) is 0. The molecule has 1 fully saturated rings. The summed E-state index contributed by atoms with van der Waals surface area (Å²) in [7, 11) is 0. The molecule has 0 aliphatic carbocycles. The highest BCUT2D eigenvalue weighted by Crippen LogP contribution is 2.17. The van der Waals surface area contributed by atoms with Crippen molar-refractivity contribution in [1.29, 1.82) is 0 Å². The number of hydrogen-bond donors (Lipinski definition) is 0. The topological polar surface area (TPSA) is 12.5 Å². The average Bonchev–Trinajstić information content (AvgIpc) is 3.15. The van der Waals surface area contributed by atoms with E-state index < -0.39 is 0 Å². The molecule has 0 saturated carbocycles. The number of hydrogen-bond acceptors (Lipinski definition) is 1. The Morgan fingerprint density at radius 1 is 0.812 bits per heavy atom. The van der Waals surface area contributed by atoms with Gasteiger partial charge < -0.3 is 4.74 Å². The maximum absolute atomic E-state index is 4.71. The number of benzene rings is 2. The van der Waals surface area contributed by atoms with Crippen LogP contribution in [0.2, 0.25) is 0 Å². The summed E-state index contributed by atoms with van der Waals surface area (Å²) in [6.45, 7) is 3.04. The van der Waals surface area contributed by atoms with Gasteiger partial charge in [0.2, 0.25) is 0 Å². The first kappa shape index (κ1) is 10.9. The van der Waals surface area contributed by atoms with E-state index in [1.807, 2.05) is 12.1 Å². The van der Waals surface area contributed by atoms with Crippen LogP contribution in [0.25, 0.3) is 11.1 Å². The van der Waals surface area contributed by atoms with E-state index in [0.717, 1.165) is 6.61 Å². The first-order chi connectivity index (χ1) is 7.86. The minimum absolute atomic E-state index is 0.583. The fourth-order valence-electron chi connectivity index (χ4n) is 1.36. The summed E-state index contributed by atoms with van der Waals surface area (Å²) in [4.78, 5) is 0. The quantitative estimate of drug-likeness (QED) is 0.656. The van der Waals surface area contributed by atoms with Gasteiger partial charge in [-0.3, -0.25) is 0 Å². The molecule has 1 heteroatoms. The molecule has 1 nitrogen and oxygen atoms in total. The molecule has 1 saturated heterocycles. The van der Waals surface area contributed by atoms with Gasteiger partial charge in [0.15, 0.2) is 0 Å². The molecule has 0 spiro atoms. The van der Waals surface area contributed by atoms with E-state index >= 15 is 0 Å². The normalized spacial score (nSPS) is 17.2. The van der Waals surface area contributed by atoms with Crippen molar-refractivity contribution in [2.24, 2.45) is 0 Å². The highest BCUT2D eigenvalue weighted by atomic mass is 16.6. The Kier molecular flexibility index (Phi) is 3.73. The second-order valence-corrected chi connectivity index (χ2v) is 3.88.